The second kappa shape index (κ2) is 9.29. The predicted octanol–water partition coefficient (Wildman–Crippen LogP) is 3.55. The Hall–Kier alpha value is -2.47. The van der Waals surface area contributed by atoms with E-state index >= 15 is 0 Å². The number of fused-ring (bicyclic) bond motifs is 1. The maximum atomic E-state index is 4.74. The molecule has 0 aliphatic rings. The van der Waals surface area contributed by atoms with Gasteiger partial charge in [-0.3, -0.25) is 4.98 Å². The fourth-order valence-electron chi connectivity index (χ4n) is 2.71. The van der Waals surface area contributed by atoms with Gasteiger partial charge in [-0.25, -0.2) is 9.98 Å². The van der Waals surface area contributed by atoms with Gasteiger partial charge in [-0.05, 0) is 31.0 Å². The van der Waals surface area contributed by atoms with E-state index in [1.54, 1.807) is 11.3 Å². The summed E-state index contributed by atoms with van der Waals surface area (Å²) >= 11 is 1.79. The number of nitrogens with one attached hydrogen (secondary N) is 2. The Morgan fingerprint density at radius 3 is 2.81 bits per heavy atom. The first-order valence-corrected chi connectivity index (χ1v) is 9.90. The van der Waals surface area contributed by atoms with Crippen LogP contribution in [0.3, 0.4) is 0 Å². The molecule has 1 aromatic carbocycles. The molecule has 136 valence electrons. The number of pyridine rings is 1. The second-order valence-electron chi connectivity index (χ2n) is 5.93. The molecule has 0 fully saturated rings. The third-order valence-electron chi connectivity index (χ3n) is 4.07. The lowest BCUT2D eigenvalue weighted by Crippen LogP contribution is -2.38. The van der Waals surface area contributed by atoms with Crippen LogP contribution in [0.4, 0.5) is 0 Å². The molecule has 0 aliphatic carbocycles. The number of para-hydroxylation sites is 1. The maximum absolute atomic E-state index is 4.74. The second-order valence-corrected chi connectivity index (χ2v) is 7.13. The molecular weight excluding hydrogens is 342 g/mol. The molecule has 3 aromatic rings. The Kier molecular flexibility index (Phi) is 6.55. The van der Waals surface area contributed by atoms with Gasteiger partial charge < -0.3 is 10.6 Å². The monoisotopic (exact) mass is 367 g/mol. The molecule has 2 aromatic heterocycles. The van der Waals surface area contributed by atoms with Gasteiger partial charge in [0.25, 0.3) is 0 Å². The summed E-state index contributed by atoms with van der Waals surface area (Å²) in [6.45, 7) is 6.51. The standard InChI is InChI=1S/C20H25N5S/c1-3-16-14-24-19(26-16)10-12-23-20(21-4-2)25-13-15-9-11-22-18-8-6-5-7-17(15)18/h5-9,11,14H,3-4,10,12-13H2,1-2H3,(H2,21,23,25). The molecule has 6 heteroatoms. The van der Waals surface area contributed by atoms with Crippen LogP contribution in [0.25, 0.3) is 10.9 Å². The molecule has 26 heavy (non-hydrogen) atoms. The van der Waals surface area contributed by atoms with Crippen molar-refractivity contribution in [1.82, 2.24) is 20.6 Å². The number of thiazole rings is 1. The molecule has 0 saturated carbocycles. The average molecular weight is 368 g/mol. The number of guanidine groups is 1. The largest absolute Gasteiger partial charge is 0.357 e. The number of nitrogens with zero attached hydrogens (tertiary/aromatic N) is 3. The van der Waals surface area contributed by atoms with Gasteiger partial charge in [-0.1, -0.05) is 25.1 Å². The van der Waals surface area contributed by atoms with Crippen LogP contribution in [0.1, 0.15) is 29.3 Å². The highest BCUT2D eigenvalue weighted by atomic mass is 32.1. The molecule has 2 N–H and O–H groups in total. The zero-order valence-corrected chi connectivity index (χ0v) is 16.1. The first-order valence-electron chi connectivity index (χ1n) is 9.08. The summed E-state index contributed by atoms with van der Waals surface area (Å²) in [5.41, 5.74) is 2.19. The van der Waals surface area contributed by atoms with E-state index in [0.29, 0.717) is 6.54 Å². The van der Waals surface area contributed by atoms with Crippen LogP contribution in [0.5, 0.6) is 0 Å². The van der Waals surface area contributed by atoms with Crippen LogP contribution in [0.2, 0.25) is 0 Å². The molecule has 0 atom stereocenters. The van der Waals surface area contributed by atoms with Crippen molar-refractivity contribution in [2.45, 2.75) is 33.2 Å². The smallest absolute Gasteiger partial charge is 0.191 e. The number of hydrogen-bond donors (Lipinski definition) is 2. The number of aryl methyl sites for hydroxylation is 1. The topological polar surface area (TPSA) is 62.2 Å². The predicted molar refractivity (Wildman–Crippen MR) is 110 cm³/mol. The Labute approximate surface area is 158 Å². The van der Waals surface area contributed by atoms with Crippen LogP contribution < -0.4 is 10.6 Å². The molecule has 2 heterocycles. The van der Waals surface area contributed by atoms with E-state index in [2.05, 4.69) is 40.5 Å². The van der Waals surface area contributed by atoms with E-state index in [1.165, 1.54) is 15.4 Å². The summed E-state index contributed by atoms with van der Waals surface area (Å²) in [6.07, 6.45) is 5.79. The van der Waals surface area contributed by atoms with Crippen molar-refractivity contribution in [1.29, 1.82) is 0 Å². The Balaban J connectivity index is 1.62. The maximum Gasteiger partial charge on any atom is 0.191 e. The van der Waals surface area contributed by atoms with Gasteiger partial charge in [0, 0.05) is 42.2 Å². The van der Waals surface area contributed by atoms with Crippen LogP contribution in [0.15, 0.2) is 47.7 Å². The van der Waals surface area contributed by atoms with E-state index in [4.69, 9.17) is 4.99 Å². The minimum absolute atomic E-state index is 0.621. The quantitative estimate of drug-likeness (QED) is 0.495. The summed E-state index contributed by atoms with van der Waals surface area (Å²) in [6, 6.07) is 10.2. The van der Waals surface area contributed by atoms with Crippen LogP contribution in [-0.4, -0.2) is 29.0 Å². The van der Waals surface area contributed by atoms with Crippen molar-refractivity contribution in [3.8, 4) is 0 Å². The van der Waals surface area contributed by atoms with Gasteiger partial charge in [0.2, 0.25) is 0 Å². The van der Waals surface area contributed by atoms with Crippen molar-refractivity contribution in [2.24, 2.45) is 4.99 Å². The minimum Gasteiger partial charge on any atom is -0.357 e. The number of hydrogen-bond acceptors (Lipinski definition) is 4. The van der Waals surface area contributed by atoms with Gasteiger partial charge in [0.05, 0.1) is 17.1 Å². The Bertz CT molecular complexity index is 866. The first-order chi connectivity index (χ1) is 12.8. The fraction of sp³-hybridized carbons (Fsp3) is 0.350. The third kappa shape index (κ3) is 4.79. The zero-order chi connectivity index (χ0) is 18.2. The lowest BCUT2D eigenvalue weighted by atomic mass is 10.1. The van der Waals surface area contributed by atoms with Gasteiger partial charge in [0.15, 0.2) is 5.96 Å². The lowest BCUT2D eigenvalue weighted by molar-refractivity contribution is 0.797. The normalized spacial score (nSPS) is 11.7. The zero-order valence-electron chi connectivity index (χ0n) is 15.3. The van der Waals surface area contributed by atoms with Crippen LogP contribution in [-0.2, 0) is 19.4 Å². The van der Waals surface area contributed by atoms with E-state index in [-0.39, 0.29) is 0 Å². The highest BCUT2D eigenvalue weighted by molar-refractivity contribution is 7.11. The van der Waals surface area contributed by atoms with Gasteiger partial charge in [-0.15, -0.1) is 11.3 Å². The molecule has 5 nitrogen and oxygen atoms in total. The van der Waals surface area contributed by atoms with Crippen molar-refractivity contribution < 1.29 is 0 Å². The summed E-state index contributed by atoms with van der Waals surface area (Å²) in [5, 5.41) is 9.04. The summed E-state index contributed by atoms with van der Waals surface area (Å²) in [7, 11) is 0. The third-order valence-corrected chi connectivity index (χ3v) is 5.27. The minimum atomic E-state index is 0.621. The number of aromatic nitrogens is 2. The van der Waals surface area contributed by atoms with E-state index in [9.17, 15) is 0 Å². The molecule has 0 aliphatic heterocycles. The Morgan fingerprint density at radius 1 is 1.12 bits per heavy atom. The summed E-state index contributed by atoms with van der Waals surface area (Å²) in [5.74, 6) is 0.834. The van der Waals surface area contributed by atoms with Gasteiger partial charge >= 0.3 is 0 Å². The van der Waals surface area contributed by atoms with E-state index in [0.717, 1.165) is 42.8 Å². The average Bonchev–Trinajstić information content (AvgIpc) is 3.14. The summed E-state index contributed by atoms with van der Waals surface area (Å²) in [4.78, 5) is 15.0. The van der Waals surface area contributed by atoms with Crippen molar-refractivity contribution in [2.75, 3.05) is 13.1 Å². The first kappa shape index (κ1) is 18.3. The molecular formula is C20H25N5S. The Morgan fingerprint density at radius 2 is 2.00 bits per heavy atom. The number of rotatable bonds is 7. The van der Waals surface area contributed by atoms with Crippen LogP contribution >= 0.6 is 11.3 Å². The molecule has 0 amide bonds. The molecule has 0 bridgehead atoms. The molecule has 0 unspecified atom stereocenters. The van der Waals surface area contributed by atoms with E-state index in [1.807, 2.05) is 36.7 Å². The lowest BCUT2D eigenvalue weighted by Gasteiger charge is -2.11. The molecule has 0 spiro atoms. The number of aliphatic imine (C=N–C) groups is 1. The van der Waals surface area contributed by atoms with E-state index < -0.39 is 0 Å². The van der Waals surface area contributed by atoms with Crippen molar-refractivity contribution >= 4 is 28.2 Å². The van der Waals surface area contributed by atoms with Crippen molar-refractivity contribution in [3.05, 3.63) is 58.2 Å². The van der Waals surface area contributed by atoms with Gasteiger partial charge in [0.1, 0.15) is 0 Å². The molecule has 0 radical (unpaired) electrons. The highest BCUT2D eigenvalue weighted by Gasteiger charge is 2.04. The van der Waals surface area contributed by atoms with Crippen molar-refractivity contribution in [3.63, 3.8) is 0 Å². The van der Waals surface area contributed by atoms with Gasteiger partial charge in [-0.2, -0.15) is 0 Å². The molecule has 0 saturated heterocycles. The SMILES string of the molecule is CCNC(=NCc1ccnc2ccccc12)NCCc1ncc(CC)s1. The summed E-state index contributed by atoms with van der Waals surface area (Å²) < 4.78 is 0. The van der Waals surface area contributed by atoms with Crippen LogP contribution in [0, 0.1) is 0 Å². The fourth-order valence-corrected chi connectivity index (χ4v) is 3.58. The highest BCUT2D eigenvalue weighted by Crippen LogP contribution is 2.17. The molecule has 3 rings (SSSR count). The number of benzene rings is 1.